The van der Waals surface area contributed by atoms with Gasteiger partial charge in [-0.05, 0) is 19.1 Å². The van der Waals surface area contributed by atoms with Crippen molar-refractivity contribution in [1.82, 2.24) is 0 Å². The van der Waals surface area contributed by atoms with Crippen LogP contribution in [0.5, 0.6) is 0 Å². The lowest BCUT2D eigenvalue weighted by Crippen LogP contribution is -2.29. The number of hydrogen-bond acceptors (Lipinski definition) is 4. The zero-order valence-corrected chi connectivity index (χ0v) is 7.90. The molecule has 1 unspecified atom stereocenters. The Morgan fingerprint density at radius 3 is 2.93 bits per heavy atom. The summed E-state index contributed by atoms with van der Waals surface area (Å²) >= 11 is 0. The van der Waals surface area contributed by atoms with Gasteiger partial charge >= 0.3 is 5.97 Å². The molecule has 76 valence electrons. The molecular formula is C10H12O4. The second kappa shape index (κ2) is 4.19. The van der Waals surface area contributed by atoms with Crippen LogP contribution in [0.2, 0.25) is 0 Å². The molecule has 0 saturated carbocycles. The van der Waals surface area contributed by atoms with Crippen molar-refractivity contribution >= 4 is 12.3 Å². The van der Waals surface area contributed by atoms with Crippen LogP contribution in [0.25, 0.3) is 0 Å². The second-order valence-corrected chi connectivity index (χ2v) is 3.03. The lowest BCUT2D eigenvalue weighted by Gasteiger charge is -2.19. The molecule has 0 amide bonds. The van der Waals surface area contributed by atoms with E-state index in [0.717, 1.165) is 0 Å². The zero-order chi connectivity index (χ0) is 10.6. The molecule has 0 radical (unpaired) electrons. The summed E-state index contributed by atoms with van der Waals surface area (Å²) < 4.78 is 4.75. The fourth-order valence-electron chi connectivity index (χ4n) is 1.10. The average molecular weight is 196 g/mol. The summed E-state index contributed by atoms with van der Waals surface area (Å²) in [5.41, 5.74) is -1.09. The number of aldehydes is 1. The molecule has 1 rings (SSSR count). The third-order valence-corrected chi connectivity index (χ3v) is 1.92. The molecule has 4 nitrogen and oxygen atoms in total. The minimum absolute atomic E-state index is 0.112. The van der Waals surface area contributed by atoms with Crippen LogP contribution in [0.1, 0.15) is 13.3 Å². The summed E-state index contributed by atoms with van der Waals surface area (Å²) in [6.07, 6.45) is 4.75. The number of rotatable bonds is 3. The molecule has 0 fully saturated rings. The Morgan fingerprint density at radius 1 is 1.79 bits per heavy atom. The highest BCUT2D eigenvalue weighted by Crippen LogP contribution is 2.19. The Kier molecular flexibility index (Phi) is 3.19. The first-order valence-corrected chi connectivity index (χ1v) is 4.36. The molecular weight excluding hydrogens is 184 g/mol. The summed E-state index contributed by atoms with van der Waals surface area (Å²) in [6, 6.07) is 0. The number of esters is 1. The minimum atomic E-state index is -1.46. The quantitative estimate of drug-likeness (QED) is 0.523. The number of ether oxygens (including phenoxy) is 1. The first kappa shape index (κ1) is 10.7. The number of carbonyl (C=O) groups is 2. The lowest BCUT2D eigenvalue weighted by molar-refractivity contribution is -0.138. The molecule has 1 aliphatic rings. The molecule has 1 N–H and O–H groups in total. The van der Waals surface area contributed by atoms with Crippen molar-refractivity contribution in [2.75, 3.05) is 6.61 Å². The Bertz CT molecular complexity index is 303. The Labute approximate surface area is 81.9 Å². The predicted molar refractivity (Wildman–Crippen MR) is 49.5 cm³/mol. The van der Waals surface area contributed by atoms with E-state index in [4.69, 9.17) is 4.74 Å². The second-order valence-electron chi connectivity index (χ2n) is 3.03. The molecule has 0 saturated heterocycles. The van der Waals surface area contributed by atoms with Crippen molar-refractivity contribution < 1.29 is 19.4 Å². The van der Waals surface area contributed by atoms with Gasteiger partial charge < -0.3 is 9.84 Å². The fourth-order valence-corrected chi connectivity index (χ4v) is 1.10. The molecule has 1 atom stereocenters. The molecule has 0 heterocycles. The van der Waals surface area contributed by atoms with Crippen molar-refractivity contribution in [2.24, 2.45) is 0 Å². The maximum Gasteiger partial charge on any atom is 0.337 e. The molecule has 0 bridgehead atoms. The summed E-state index contributed by atoms with van der Waals surface area (Å²) in [4.78, 5) is 21.6. The van der Waals surface area contributed by atoms with Gasteiger partial charge in [-0.3, -0.25) is 4.79 Å². The van der Waals surface area contributed by atoms with Crippen molar-refractivity contribution in [3.8, 4) is 0 Å². The Morgan fingerprint density at radius 2 is 2.50 bits per heavy atom. The van der Waals surface area contributed by atoms with Crippen LogP contribution < -0.4 is 0 Å². The molecule has 14 heavy (non-hydrogen) atoms. The predicted octanol–water partition coefficient (Wildman–Crippen LogP) is 0.366. The zero-order valence-electron chi connectivity index (χ0n) is 7.90. The van der Waals surface area contributed by atoms with Crippen LogP contribution in [0, 0.1) is 0 Å². The summed E-state index contributed by atoms with van der Waals surface area (Å²) in [5.74, 6) is -0.434. The summed E-state index contributed by atoms with van der Waals surface area (Å²) in [7, 11) is 0. The van der Waals surface area contributed by atoms with Gasteiger partial charge in [0.15, 0.2) is 6.29 Å². The third kappa shape index (κ3) is 2.29. The van der Waals surface area contributed by atoms with Crippen molar-refractivity contribution in [1.29, 1.82) is 0 Å². The Balaban J connectivity index is 2.68. The number of aliphatic hydroxyl groups is 1. The van der Waals surface area contributed by atoms with Gasteiger partial charge in [0.05, 0.1) is 12.2 Å². The molecule has 0 aromatic rings. The van der Waals surface area contributed by atoms with Gasteiger partial charge in [0.25, 0.3) is 0 Å². The van der Waals surface area contributed by atoms with Gasteiger partial charge in [0, 0.05) is 6.42 Å². The highest BCUT2D eigenvalue weighted by molar-refractivity contribution is 5.92. The van der Waals surface area contributed by atoms with Gasteiger partial charge in [0.2, 0.25) is 0 Å². The van der Waals surface area contributed by atoms with Crippen molar-refractivity contribution in [3.05, 3.63) is 23.8 Å². The lowest BCUT2D eigenvalue weighted by atomic mass is 9.94. The van der Waals surface area contributed by atoms with Gasteiger partial charge in [-0.1, -0.05) is 6.08 Å². The van der Waals surface area contributed by atoms with E-state index in [1.54, 1.807) is 6.92 Å². The van der Waals surface area contributed by atoms with E-state index in [1.807, 2.05) is 0 Å². The first-order valence-electron chi connectivity index (χ1n) is 4.36. The first-order chi connectivity index (χ1) is 6.61. The van der Waals surface area contributed by atoms with Crippen molar-refractivity contribution in [2.45, 2.75) is 18.9 Å². The molecule has 0 aromatic carbocycles. The van der Waals surface area contributed by atoms with Gasteiger partial charge in [-0.25, -0.2) is 4.79 Å². The SMILES string of the molecule is CCOC(=O)C1=CCC(O)(C=O)C=C1. The smallest absolute Gasteiger partial charge is 0.337 e. The standard InChI is InChI=1S/C10H12O4/c1-2-14-9(12)8-3-5-10(13,7-11)6-4-8/h3-5,7,13H,2,6H2,1H3. The maximum absolute atomic E-state index is 11.2. The third-order valence-electron chi connectivity index (χ3n) is 1.92. The van der Waals surface area contributed by atoms with Gasteiger partial charge in [-0.15, -0.1) is 0 Å². The number of hydrogen-bond donors (Lipinski definition) is 1. The van der Waals surface area contributed by atoms with Crippen molar-refractivity contribution in [3.63, 3.8) is 0 Å². The summed E-state index contributed by atoms with van der Waals surface area (Å²) in [6.45, 7) is 2.02. The fraction of sp³-hybridized carbons (Fsp3) is 0.400. The van der Waals surface area contributed by atoms with Crippen LogP contribution >= 0.6 is 0 Å². The average Bonchev–Trinajstić information content (AvgIpc) is 2.19. The van der Waals surface area contributed by atoms with E-state index < -0.39 is 11.6 Å². The van der Waals surface area contributed by atoms with E-state index in [1.165, 1.54) is 18.2 Å². The van der Waals surface area contributed by atoms with Crippen LogP contribution in [0.15, 0.2) is 23.8 Å². The highest BCUT2D eigenvalue weighted by Gasteiger charge is 2.25. The van der Waals surface area contributed by atoms with E-state index in [-0.39, 0.29) is 6.42 Å². The minimum Gasteiger partial charge on any atom is -0.462 e. The van der Waals surface area contributed by atoms with E-state index >= 15 is 0 Å². The highest BCUT2D eigenvalue weighted by atomic mass is 16.5. The molecule has 0 aromatic heterocycles. The Hall–Kier alpha value is -1.42. The van der Waals surface area contributed by atoms with E-state index in [2.05, 4.69) is 0 Å². The van der Waals surface area contributed by atoms with Gasteiger partial charge in [-0.2, -0.15) is 0 Å². The largest absolute Gasteiger partial charge is 0.462 e. The molecule has 0 spiro atoms. The topological polar surface area (TPSA) is 63.6 Å². The monoisotopic (exact) mass is 196 g/mol. The van der Waals surface area contributed by atoms with Crippen LogP contribution in [-0.2, 0) is 14.3 Å². The molecule has 0 aliphatic heterocycles. The van der Waals surface area contributed by atoms with Crippen LogP contribution in [-0.4, -0.2) is 29.6 Å². The maximum atomic E-state index is 11.2. The van der Waals surface area contributed by atoms with E-state index in [0.29, 0.717) is 18.5 Å². The molecule has 1 aliphatic carbocycles. The van der Waals surface area contributed by atoms with Gasteiger partial charge in [0.1, 0.15) is 5.60 Å². The normalized spacial score (nSPS) is 25.4. The van der Waals surface area contributed by atoms with E-state index in [9.17, 15) is 14.7 Å². The molecule has 4 heteroatoms. The van der Waals surface area contributed by atoms with Crippen LogP contribution in [0.4, 0.5) is 0 Å². The van der Waals surface area contributed by atoms with Crippen LogP contribution in [0.3, 0.4) is 0 Å². The number of carbonyl (C=O) groups excluding carboxylic acids is 2. The summed E-state index contributed by atoms with van der Waals surface area (Å²) in [5, 5.41) is 9.46.